The second-order valence-corrected chi connectivity index (χ2v) is 20.6. The fourth-order valence-corrected chi connectivity index (χ4v) is 11.3. The monoisotopic (exact) mass is 872 g/mol. The largest absolute Gasteiger partial charge is 0.496 e. The zero-order chi connectivity index (χ0) is 42.3. The normalized spacial score (nSPS) is 25.6. The first-order valence-corrected chi connectivity index (χ1v) is 24.0. The van der Waals surface area contributed by atoms with Crippen molar-refractivity contribution in [2.45, 2.75) is 115 Å². The maximum absolute atomic E-state index is 15.0. The van der Waals surface area contributed by atoms with E-state index in [-0.39, 0.29) is 42.9 Å². The van der Waals surface area contributed by atoms with Crippen LogP contribution in [0.1, 0.15) is 101 Å². The van der Waals surface area contributed by atoms with Gasteiger partial charge in [-0.05, 0) is 111 Å². The number of Topliss-reactive ketones (excluding diaryl/α,β-unsaturated/α-hetero) is 1. The highest BCUT2D eigenvalue weighted by Crippen LogP contribution is 2.57. The van der Waals surface area contributed by atoms with Gasteiger partial charge in [0.2, 0.25) is 27.7 Å². The highest BCUT2D eigenvalue weighted by molar-refractivity contribution is 7.90. The van der Waals surface area contributed by atoms with E-state index in [1.54, 1.807) is 12.0 Å². The summed E-state index contributed by atoms with van der Waals surface area (Å²) in [5, 5.41) is 4.48. The smallest absolute Gasteiger partial charge is 0.240 e. The molecule has 2 amide bonds. The van der Waals surface area contributed by atoms with Crippen molar-refractivity contribution in [3.05, 3.63) is 81.8 Å². The third-order valence-corrected chi connectivity index (χ3v) is 15.7. The van der Waals surface area contributed by atoms with E-state index in [0.29, 0.717) is 48.7 Å². The molecule has 0 spiro atoms. The van der Waals surface area contributed by atoms with E-state index in [4.69, 9.17) is 31.0 Å². The summed E-state index contributed by atoms with van der Waals surface area (Å²) >= 11 is 7.75. The summed E-state index contributed by atoms with van der Waals surface area (Å²) in [6.45, 7) is 6.33. The first-order chi connectivity index (χ1) is 28.8. The third-order valence-electron chi connectivity index (χ3n) is 12.8. The molecular weight excluding hydrogens is 820 g/mol. The van der Waals surface area contributed by atoms with E-state index in [2.05, 4.69) is 24.6 Å². The summed E-state index contributed by atoms with van der Waals surface area (Å²) in [6, 6.07) is 12.4. The number of aromatic nitrogens is 2. The van der Waals surface area contributed by atoms with Gasteiger partial charge >= 0.3 is 0 Å². The number of fused-ring (bicyclic) bond motifs is 3. The number of thiazole rings is 1. The van der Waals surface area contributed by atoms with Gasteiger partial charge in [-0.25, -0.2) is 18.4 Å². The number of nitrogens with zero attached hydrogens (tertiary/aromatic N) is 3. The van der Waals surface area contributed by atoms with Crippen molar-refractivity contribution in [1.82, 2.24) is 19.6 Å². The number of nitrogens with one attached hydrogen (secondary N) is 1. The molecule has 8 rings (SSSR count). The number of benzene rings is 2. The summed E-state index contributed by atoms with van der Waals surface area (Å²) < 4.78 is 40.9. The molecule has 1 saturated heterocycles. The van der Waals surface area contributed by atoms with Crippen molar-refractivity contribution < 1.29 is 32.3 Å². The minimum atomic E-state index is -3.84. The first kappa shape index (κ1) is 42.4. The van der Waals surface area contributed by atoms with Crippen LogP contribution in [0, 0.1) is 24.2 Å². The van der Waals surface area contributed by atoms with E-state index in [1.807, 2.05) is 60.8 Å². The molecule has 2 aliphatic carbocycles. The Balaban J connectivity index is 1.15. The van der Waals surface area contributed by atoms with Gasteiger partial charge < -0.3 is 14.4 Å². The van der Waals surface area contributed by atoms with Crippen LogP contribution in [0.2, 0.25) is 5.02 Å². The molecule has 14 heteroatoms. The Bertz CT molecular complexity index is 2430. The number of amides is 2. The van der Waals surface area contributed by atoms with Gasteiger partial charge in [-0.3, -0.25) is 19.1 Å². The van der Waals surface area contributed by atoms with Crippen molar-refractivity contribution in [2.24, 2.45) is 17.3 Å². The van der Waals surface area contributed by atoms with Crippen LogP contribution in [-0.2, 0) is 30.8 Å². The van der Waals surface area contributed by atoms with Gasteiger partial charge in [0.05, 0.1) is 36.1 Å². The van der Waals surface area contributed by atoms with Gasteiger partial charge in [-0.2, -0.15) is 0 Å². The number of rotatable bonds is 10. The van der Waals surface area contributed by atoms with Gasteiger partial charge in [0, 0.05) is 34.5 Å². The maximum atomic E-state index is 15.0. The molecule has 4 aromatic rings. The Morgan fingerprint density at radius 2 is 1.83 bits per heavy atom. The van der Waals surface area contributed by atoms with Gasteiger partial charge in [-0.1, -0.05) is 62.6 Å². The predicted octanol–water partition coefficient (Wildman–Crippen LogP) is 8.75. The van der Waals surface area contributed by atoms with Crippen LogP contribution in [0.15, 0.2) is 60.0 Å². The topological polar surface area (TPSA) is 145 Å². The number of methoxy groups -OCH3 is 1. The molecule has 60 heavy (non-hydrogen) atoms. The van der Waals surface area contributed by atoms with Gasteiger partial charge in [-0.15, -0.1) is 11.3 Å². The molecule has 1 N–H and O–H groups in total. The lowest BCUT2D eigenvalue weighted by molar-refractivity contribution is -0.142. The van der Waals surface area contributed by atoms with Crippen molar-refractivity contribution in [3.8, 4) is 22.3 Å². The van der Waals surface area contributed by atoms with Crippen molar-refractivity contribution in [1.29, 1.82) is 0 Å². The molecule has 2 saturated carbocycles. The summed E-state index contributed by atoms with van der Waals surface area (Å²) in [5.74, 6) is -0.407. The van der Waals surface area contributed by atoms with E-state index in [9.17, 15) is 22.8 Å². The van der Waals surface area contributed by atoms with Crippen molar-refractivity contribution >= 4 is 61.3 Å². The Kier molecular flexibility index (Phi) is 12.1. The fourth-order valence-electron chi connectivity index (χ4n) is 8.89. The SMILES string of the molecule is COc1ccc2c(O[C@@H]3C[C@H]4C(=O)C[C@]5(C(=O)NS(=O)(=O)C6CC6)C[C@H]5/C=C\CCCCC[C@H](Cc5ccc(Cl)cc5)C(=O)N4C3)nc(-c3nc(C(C)C)cs3)cc2c1C. The van der Waals surface area contributed by atoms with Gasteiger partial charge in [0.1, 0.15) is 22.6 Å². The Morgan fingerprint density at radius 1 is 1.05 bits per heavy atom. The molecule has 4 aliphatic rings. The second-order valence-electron chi connectivity index (χ2n) is 17.4. The Morgan fingerprint density at radius 3 is 2.55 bits per heavy atom. The average molecular weight is 874 g/mol. The average Bonchev–Trinajstić information content (AvgIpc) is 4.10. The van der Waals surface area contributed by atoms with E-state index in [1.165, 1.54) is 11.3 Å². The standard InChI is InChI=1S/C46H53ClN4O7S2/c1-27(2)38-26-59-43(49-38)37-22-36-28(3)41(57-4)19-18-35(36)42(48-37)58-33-21-39-40(52)24-46(45(54)50-60(55,56)34-16-17-34)23-31(46)11-9-7-5-6-8-10-30(44(53)51(39)25-33)20-29-12-14-32(47)15-13-29/h9,11-15,18-19,22,26-27,30-31,33-34,39H,5-8,10,16-17,20-21,23-25H2,1-4H3,(H,50,54)/b11-9-/t30-,31-,33-,39+,46-/m1/s1. The summed E-state index contributed by atoms with van der Waals surface area (Å²) in [6.07, 6.45) is 9.39. The number of ether oxygens (including phenoxy) is 2. The molecule has 5 atom stereocenters. The molecule has 0 bridgehead atoms. The lowest BCUT2D eigenvalue weighted by Crippen LogP contribution is -2.46. The van der Waals surface area contributed by atoms with Crippen LogP contribution >= 0.6 is 22.9 Å². The number of halogens is 1. The summed E-state index contributed by atoms with van der Waals surface area (Å²) in [5.41, 5.74) is 2.30. The van der Waals surface area contributed by atoms with Crippen molar-refractivity contribution in [3.63, 3.8) is 0 Å². The lowest BCUT2D eigenvalue weighted by Gasteiger charge is -2.29. The molecule has 4 heterocycles. The number of hydrogen-bond donors (Lipinski definition) is 1. The molecule has 2 aromatic carbocycles. The zero-order valence-electron chi connectivity index (χ0n) is 34.6. The highest BCUT2D eigenvalue weighted by Gasteiger charge is 2.61. The third kappa shape index (κ3) is 8.85. The number of aryl methyl sites for hydroxylation is 1. The summed E-state index contributed by atoms with van der Waals surface area (Å²) in [4.78, 5) is 55.3. The fraction of sp³-hybridized carbons (Fsp3) is 0.500. The molecule has 2 aromatic heterocycles. The van der Waals surface area contributed by atoms with Crippen LogP contribution < -0.4 is 14.2 Å². The highest BCUT2D eigenvalue weighted by atomic mass is 35.5. The molecular formula is C46H53ClN4O7S2. The van der Waals surface area contributed by atoms with Crippen LogP contribution in [0.3, 0.4) is 0 Å². The maximum Gasteiger partial charge on any atom is 0.240 e. The molecule has 0 unspecified atom stereocenters. The predicted molar refractivity (Wildman–Crippen MR) is 234 cm³/mol. The number of allylic oxidation sites excluding steroid dienone is 2. The minimum Gasteiger partial charge on any atom is -0.496 e. The molecule has 11 nitrogen and oxygen atoms in total. The Labute approximate surface area is 361 Å². The number of carbonyl (C=O) groups excluding carboxylic acids is 3. The van der Waals surface area contributed by atoms with Crippen LogP contribution in [0.5, 0.6) is 11.6 Å². The van der Waals surface area contributed by atoms with Crippen LogP contribution in [0.25, 0.3) is 21.5 Å². The van der Waals surface area contributed by atoms with E-state index in [0.717, 1.165) is 64.0 Å². The van der Waals surface area contributed by atoms with E-state index >= 15 is 0 Å². The minimum absolute atomic E-state index is 0.138. The molecule has 318 valence electrons. The van der Waals surface area contributed by atoms with E-state index < -0.39 is 44.7 Å². The van der Waals surface area contributed by atoms with Crippen LogP contribution in [-0.4, -0.2) is 71.9 Å². The number of sulfonamides is 1. The number of pyridine rings is 1. The van der Waals surface area contributed by atoms with Gasteiger partial charge in [0.25, 0.3) is 0 Å². The lowest BCUT2D eigenvalue weighted by atomic mass is 9.90. The Hall–Kier alpha value is -4.33. The molecule has 2 aliphatic heterocycles. The number of ketones is 1. The first-order valence-electron chi connectivity index (χ1n) is 21.2. The number of carbonyl (C=O) groups is 3. The molecule has 3 fully saturated rings. The summed E-state index contributed by atoms with van der Waals surface area (Å²) in [7, 11) is -2.20. The van der Waals surface area contributed by atoms with Crippen LogP contribution in [0.4, 0.5) is 0 Å². The number of hydrogen-bond acceptors (Lipinski definition) is 10. The van der Waals surface area contributed by atoms with Gasteiger partial charge in [0.15, 0.2) is 5.78 Å². The zero-order valence-corrected chi connectivity index (χ0v) is 37.0. The van der Waals surface area contributed by atoms with Crippen molar-refractivity contribution in [2.75, 3.05) is 13.7 Å². The molecule has 0 radical (unpaired) electrons. The second kappa shape index (κ2) is 17.2. The quantitative estimate of drug-likeness (QED) is 0.155.